The average Bonchev–Trinajstić information content (AvgIpc) is 2.70. The molecule has 0 aromatic heterocycles. The zero-order valence-corrected chi connectivity index (χ0v) is 16.8. The van der Waals surface area contributed by atoms with Crippen molar-refractivity contribution in [1.29, 1.82) is 0 Å². The lowest BCUT2D eigenvalue weighted by molar-refractivity contribution is 0.598. The Kier molecular flexibility index (Phi) is 6.18. The van der Waals surface area contributed by atoms with Crippen molar-refractivity contribution in [3.63, 3.8) is 0 Å². The smallest absolute Gasteiger partial charge is 0.284 e. The number of nitrogens with zero attached hydrogens (tertiary/aromatic N) is 1. The number of benzene rings is 3. The lowest BCUT2D eigenvalue weighted by Gasteiger charge is -2.14. The summed E-state index contributed by atoms with van der Waals surface area (Å²) in [5.74, 6) is 0.149. The number of rotatable bonds is 4. The lowest BCUT2D eigenvalue weighted by atomic mass is 10.2. The number of thiocarbonyl (C=S) groups is 1. The largest absolute Gasteiger partial charge is 0.332 e. The molecule has 7 heteroatoms. The Morgan fingerprint density at radius 2 is 1.43 bits per heavy atom. The summed E-state index contributed by atoms with van der Waals surface area (Å²) in [6.07, 6.45) is 0. The number of aryl methyl sites for hydroxylation is 1. The fourth-order valence-corrected chi connectivity index (χ4v) is 3.69. The summed E-state index contributed by atoms with van der Waals surface area (Å²) in [5, 5.41) is 6.26. The van der Waals surface area contributed by atoms with Gasteiger partial charge in [0.05, 0.1) is 4.90 Å². The van der Waals surface area contributed by atoms with E-state index >= 15 is 0 Å². The van der Waals surface area contributed by atoms with E-state index in [0.717, 1.165) is 11.3 Å². The van der Waals surface area contributed by atoms with Gasteiger partial charge >= 0.3 is 0 Å². The molecule has 0 aliphatic heterocycles. The highest BCUT2D eigenvalue weighted by Crippen LogP contribution is 2.15. The van der Waals surface area contributed by atoms with Crippen molar-refractivity contribution in [2.24, 2.45) is 4.40 Å². The average molecular weight is 410 g/mol. The first-order valence-corrected chi connectivity index (χ1v) is 10.4. The van der Waals surface area contributed by atoms with Crippen molar-refractivity contribution in [1.82, 2.24) is 5.32 Å². The van der Waals surface area contributed by atoms with Gasteiger partial charge in [-0.15, -0.1) is 4.40 Å². The molecule has 0 bridgehead atoms. The van der Waals surface area contributed by atoms with Crippen molar-refractivity contribution in [2.45, 2.75) is 11.8 Å². The molecule has 2 N–H and O–H groups in total. The maximum atomic E-state index is 12.7. The van der Waals surface area contributed by atoms with Crippen LogP contribution in [0.5, 0.6) is 0 Å². The molecule has 0 saturated carbocycles. The molecule has 3 aromatic carbocycles. The number of nitrogens with one attached hydrogen (secondary N) is 2. The Balaban J connectivity index is 1.92. The van der Waals surface area contributed by atoms with Crippen LogP contribution in [0.25, 0.3) is 0 Å². The molecule has 0 saturated heterocycles. The van der Waals surface area contributed by atoms with E-state index in [-0.39, 0.29) is 15.8 Å². The molecule has 0 atom stereocenters. The molecule has 0 unspecified atom stereocenters. The van der Waals surface area contributed by atoms with E-state index in [1.165, 1.54) is 12.1 Å². The second-order valence-electron chi connectivity index (χ2n) is 5.99. The maximum absolute atomic E-state index is 12.7. The van der Waals surface area contributed by atoms with Crippen LogP contribution < -0.4 is 10.6 Å². The Hall–Kier alpha value is -3.03. The number of para-hydroxylation sites is 1. The molecule has 142 valence electrons. The molecule has 0 aliphatic carbocycles. The van der Waals surface area contributed by atoms with Crippen LogP contribution in [-0.4, -0.2) is 19.4 Å². The Labute approximate surface area is 170 Å². The molecular formula is C21H19N3O2S2. The number of hydrogen-bond donors (Lipinski definition) is 2. The first kappa shape index (κ1) is 19.7. The van der Waals surface area contributed by atoms with Gasteiger partial charge in [0.15, 0.2) is 10.9 Å². The Bertz CT molecular complexity index is 1100. The monoisotopic (exact) mass is 409 g/mol. The zero-order chi connectivity index (χ0) is 20.0. The van der Waals surface area contributed by atoms with Gasteiger partial charge in [0.25, 0.3) is 10.0 Å². The first-order chi connectivity index (χ1) is 13.5. The van der Waals surface area contributed by atoms with E-state index in [0.29, 0.717) is 5.56 Å². The lowest BCUT2D eigenvalue weighted by Crippen LogP contribution is -2.35. The van der Waals surface area contributed by atoms with Crippen molar-refractivity contribution in [3.8, 4) is 0 Å². The van der Waals surface area contributed by atoms with Crippen LogP contribution in [0.4, 0.5) is 5.69 Å². The van der Waals surface area contributed by atoms with E-state index in [2.05, 4.69) is 15.0 Å². The summed E-state index contributed by atoms with van der Waals surface area (Å²) >= 11 is 5.38. The molecule has 0 radical (unpaired) electrons. The first-order valence-electron chi connectivity index (χ1n) is 8.55. The minimum absolute atomic E-state index is 0.114. The molecule has 0 heterocycles. The van der Waals surface area contributed by atoms with Crippen LogP contribution in [0.3, 0.4) is 0 Å². The number of anilines is 1. The summed E-state index contributed by atoms with van der Waals surface area (Å²) in [4.78, 5) is 0.114. The topological polar surface area (TPSA) is 70.6 Å². The van der Waals surface area contributed by atoms with E-state index in [4.69, 9.17) is 12.2 Å². The second kappa shape index (κ2) is 8.77. The number of sulfonamides is 1. The summed E-state index contributed by atoms with van der Waals surface area (Å²) < 4.78 is 29.4. The standard InChI is InChI=1S/C21H19N3O2S2/c1-16-10-8-9-15-19(16)22-21(27)23-20(17-11-4-2-5-12-17)24-28(25,26)18-13-6-3-7-14-18/h2-15H,1H3,(H2,22,23,24,27). The van der Waals surface area contributed by atoms with Crippen LogP contribution in [0.2, 0.25) is 0 Å². The minimum atomic E-state index is -3.90. The minimum Gasteiger partial charge on any atom is -0.332 e. The van der Waals surface area contributed by atoms with Crippen molar-refractivity contribution in [2.75, 3.05) is 5.32 Å². The van der Waals surface area contributed by atoms with Crippen LogP contribution in [0.15, 0.2) is 94.2 Å². The van der Waals surface area contributed by atoms with E-state index in [9.17, 15) is 8.42 Å². The van der Waals surface area contributed by atoms with Gasteiger partial charge in [0.2, 0.25) is 0 Å². The fourth-order valence-electron chi connectivity index (χ4n) is 2.48. The van der Waals surface area contributed by atoms with Crippen LogP contribution in [0, 0.1) is 6.92 Å². The number of hydrogen-bond acceptors (Lipinski definition) is 3. The molecule has 28 heavy (non-hydrogen) atoms. The maximum Gasteiger partial charge on any atom is 0.284 e. The third-order valence-corrected chi connectivity index (χ3v) is 5.42. The van der Waals surface area contributed by atoms with E-state index in [1.54, 1.807) is 42.5 Å². The third-order valence-electron chi connectivity index (χ3n) is 3.92. The predicted octanol–water partition coefficient (Wildman–Crippen LogP) is 4.12. The van der Waals surface area contributed by atoms with Crippen LogP contribution in [-0.2, 0) is 10.0 Å². The third kappa shape index (κ3) is 5.03. The van der Waals surface area contributed by atoms with Gasteiger partial charge in [-0.3, -0.25) is 0 Å². The molecular weight excluding hydrogens is 390 g/mol. The summed E-state index contributed by atoms with van der Waals surface area (Å²) in [6, 6.07) is 24.7. The van der Waals surface area contributed by atoms with E-state index < -0.39 is 10.0 Å². The Morgan fingerprint density at radius 1 is 0.857 bits per heavy atom. The van der Waals surface area contributed by atoms with Gasteiger partial charge in [0, 0.05) is 11.3 Å². The highest BCUT2D eigenvalue weighted by Gasteiger charge is 2.16. The van der Waals surface area contributed by atoms with Crippen molar-refractivity contribution in [3.05, 3.63) is 96.1 Å². The number of amidine groups is 1. The molecule has 3 rings (SSSR count). The summed E-state index contributed by atoms with van der Waals surface area (Å²) in [5.41, 5.74) is 2.45. The normalized spacial score (nSPS) is 11.7. The van der Waals surface area contributed by atoms with Gasteiger partial charge in [-0.25, -0.2) is 0 Å². The fraction of sp³-hybridized carbons (Fsp3) is 0.0476. The van der Waals surface area contributed by atoms with Crippen molar-refractivity contribution >= 4 is 38.9 Å². The second-order valence-corrected chi connectivity index (χ2v) is 8.00. The zero-order valence-electron chi connectivity index (χ0n) is 15.2. The van der Waals surface area contributed by atoms with Crippen LogP contribution in [0.1, 0.15) is 11.1 Å². The summed E-state index contributed by atoms with van der Waals surface area (Å²) in [7, 11) is -3.90. The molecule has 0 fully saturated rings. The molecule has 5 nitrogen and oxygen atoms in total. The predicted molar refractivity (Wildman–Crippen MR) is 117 cm³/mol. The highest BCUT2D eigenvalue weighted by atomic mass is 32.2. The molecule has 0 spiro atoms. The van der Waals surface area contributed by atoms with Gasteiger partial charge < -0.3 is 10.6 Å². The van der Waals surface area contributed by atoms with Gasteiger partial charge in [-0.05, 0) is 42.9 Å². The molecule has 0 aliphatic rings. The highest BCUT2D eigenvalue weighted by molar-refractivity contribution is 7.90. The summed E-state index contributed by atoms with van der Waals surface area (Å²) in [6.45, 7) is 1.96. The van der Waals surface area contributed by atoms with Gasteiger partial charge in [-0.2, -0.15) is 8.42 Å². The quantitative estimate of drug-likeness (QED) is 0.385. The van der Waals surface area contributed by atoms with Crippen LogP contribution >= 0.6 is 12.2 Å². The van der Waals surface area contributed by atoms with Gasteiger partial charge in [-0.1, -0.05) is 66.7 Å². The Morgan fingerprint density at radius 3 is 2.07 bits per heavy atom. The SMILES string of the molecule is Cc1ccccc1NC(=S)NC(=NS(=O)(=O)c1ccccc1)c1ccccc1. The van der Waals surface area contributed by atoms with Gasteiger partial charge in [0.1, 0.15) is 0 Å². The van der Waals surface area contributed by atoms with Crippen molar-refractivity contribution < 1.29 is 8.42 Å². The molecule has 0 amide bonds. The van der Waals surface area contributed by atoms with E-state index in [1.807, 2.05) is 37.3 Å². The molecule has 3 aromatic rings.